The first-order valence-corrected chi connectivity index (χ1v) is 8.24. The van der Waals surface area contributed by atoms with Gasteiger partial charge in [0.25, 0.3) is 0 Å². The monoisotopic (exact) mass is 368 g/mol. The number of rotatable bonds is 8. The van der Waals surface area contributed by atoms with Crippen molar-refractivity contribution in [3.8, 4) is 0 Å². The molecule has 0 aliphatic rings. The first-order valence-electron chi connectivity index (χ1n) is 8.24. The highest BCUT2D eigenvalue weighted by atomic mass is 16.2. The standard InChI is InChI=1S/C19H20N4O4/c20-18(26)12-4-8-14(9-5-12)22-16(24)2-1-3-17(25)23-15-10-6-13(7-11-15)19(21)27/h4-11H,1-3H2,(H2,20,26)(H2,21,27)(H,22,24)(H,23,25). The van der Waals surface area contributed by atoms with Gasteiger partial charge in [-0.3, -0.25) is 19.2 Å². The molecule has 0 aromatic heterocycles. The Morgan fingerprint density at radius 3 is 1.26 bits per heavy atom. The molecule has 0 saturated heterocycles. The summed E-state index contributed by atoms with van der Waals surface area (Å²) in [6.45, 7) is 0. The molecule has 4 amide bonds. The van der Waals surface area contributed by atoms with Gasteiger partial charge in [0.2, 0.25) is 23.6 Å². The summed E-state index contributed by atoms with van der Waals surface area (Å²) in [4.78, 5) is 45.8. The van der Waals surface area contributed by atoms with Crippen molar-refractivity contribution in [2.24, 2.45) is 11.5 Å². The van der Waals surface area contributed by atoms with Crippen molar-refractivity contribution in [2.75, 3.05) is 10.6 Å². The lowest BCUT2D eigenvalue weighted by Gasteiger charge is -2.07. The van der Waals surface area contributed by atoms with Gasteiger partial charge in [-0.1, -0.05) is 0 Å². The van der Waals surface area contributed by atoms with E-state index in [1.54, 1.807) is 24.3 Å². The Labute approximate surface area is 155 Å². The first kappa shape index (κ1) is 19.6. The van der Waals surface area contributed by atoms with Crippen LogP contribution in [0.2, 0.25) is 0 Å². The highest BCUT2D eigenvalue weighted by molar-refractivity contribution is 5.96. The van der Waals surface area contributed by atoms with E-state index in [1.165, 1.54) is 24.3 Å². The smallest absolute Gasteiger partial charge is 0.248 e. The van der Waals surface area contributed by atoms with Crippen LogP contribution in [0.3, 0.4) is 0 Å². The molecule has 27 heavy (non-hydrogen) atoms. The third kappa shape index (κ3) is 6.28. The fourth-order valence-corrected chi connectivity index (χ4v) is 2.29. The van der Waals surface area contributed by atoms with Crippen molar-refractivity contribution in [1.29, 1.82) is 0 Å². The number of nitrogens with two attached hydrogens (primary N) is 2. The number of hydrogen-bond donors (Lipinski definition) is 4. The summed E-state index contributed by atoms with van der Waals surface area (Å²) in [6, 6.07) is 12.4. The lowest BCUT2D eigenvalue weighted by Crippen LogP contribution is -2.15. The van der Waals surface area contributed by atoms with Crippen LogP contribution in [-0.4, -0.2) is 23.6 Å². The van der Waals surface area contributed by atoms with Gasteiger partial charge in [0.15, 0.2) is 0 Å². The molecule has 6 N–H and O–H groups in total. The zero-order valence-corrected chi connectivity index (χ0v) is 14.5. The minimum Gasteiger partial charge on any atom is -0.366 e. The van der Waals surface area contributed by atoms with Crippen LogP contribution < -0.4 is 22.1 Å². The van der Waals surface area contributed by atoms with E-state index < -0.39 is 11.8 Å². The predicted molar refractivity (Wildman–Crippen MR) is 101 cm³/mol. The molecule has 8 nitrogen and oxygen atoms in total. The number of primary amides is 2. The van der Waals surface area contributed by atoms with E-state index in [4.69, 9.17) is 11.5 Å². The molecular formula is C19H20N4O4. The highest BCUT2D eigenvalue weighted by Crippen LogP contribution is 2.12. The van der Waals surface area contributed by atoms with Crippen LogP contribution in [0.15, 0.2) is 48.5 Å². The number of carbonyl (C=O) groups excluding carboxylic acids is 4. The Hall–Kier alpha value is -3.68. The summed E-state index contributed by atoms with van der Waals surface area (Å²) in [5.41, 5.74) is 12.1. The molecule has 0 spiro atoms. The van der Waals surface area contributed by atoms with E-state index in [0.717, 1.165) is 0 Å². The lowest BCUT2D eigenvalue weighted by molar-refractivity contribution is -0.117. The molecular weight excluding hydrogens is 348 g/mol. The third-order valence-electron chi connectivity index (χ3n) is 3.71. The molecule has 0 aliphatic heterocycles. The van der Waals surface area contributed by atoms with Crippen LogP contribution >= 0.6 is 0 Å². The summed E-state index contributed by atoms with van der Waals surface area (Å²) in [5.74, 6) is -1.55. The van der Waals surface area contributed by atoms with Crippen LogP contribution in [0.4, 0.5) is 11.4 Å². The normalized spacial score (nSPS) is 10.1. The third-order valence-corrected chi connectivity index (χ3v) is 3.71. The number of nitrogens with one attached hydrogen (secondary N) is 2. The van der Waals surface area contributed by atoms with E-state index in [1.807, 2.05) is 0 Å². The first-order chi connectivity index (χ1) is 12.8. The molecule has 0 aliphatic carbocycles. The molecule has 2 aromatic rings. The average molecular weight is 368 g/mol. The number of amides is 4. The molecule has 0 heterocycles. The quantitative estimate of drug-likeness (QED) is 0.561. The topological polar surface area (TPSA) is 144 Å². The Kier molecular flexibility index (Phi) is 6.65. The van der Waals surface area contributed by atoms with Crippen LogP contribution in [0.25, 0.3) is 0 Å². The molecule has 0 atom stereocenters. The summed E-state index contributed by atoms with van der Waals surface area (Å²) in [7, 11) is 0. The maximum Gasteiger partial charge on any atom is 0.248 e. The van der Waals surface area contributed by atoms with E-state index >= 15 is 0 Å². The summed E-state index contributed by atoms with van der Waals surface area (Å²) < 4.78 is 0. The maximum absolute atomic E-state index is 11.9. The zero-order chi connectivity index (χ0) is 19.8. The second-order valence-corrected chi connectivity index (χ2v) is 5.83. The van der Waals surface area contributed by atoms with Crippen molar-refractivity contribution >= 4 is 35.0 Å². The number of carbonyl (C=O) groups is 4. The molecule has 0 unspecified atom stereocenters. The fraction of sp³-hybridized carbons (Fsp3) is 0.158. The van der Waals surface area contributed by atoms with Crippen LogP contribution in [0.5, 0.6) is 0 Å². The van der Waals surface area contributed by atoms with Crippen LogP contribution in [0, 0.1) is 0 Å². The van der Waals surface area contributed by atoms with Gasteiger partial charge in [0.1, 0.15) is 0 Å². The minimum absolute atomic E-state index is 0.172. The Balaban J connectivity index is 1.73. The predicted octanol–water partition coefficient (Wildman–Crippen LogP) is 1.63. The summed E-state index contributed by atoms with van der Waals surface area (Å²) in [6.07, 6.45) is 0.716. The van der Waals surface area contributed by atoms with Crippen LogP contribution in [0.1, 0.15) is 40.0 Å². The van der Waals surface area contributed by atoms with Gasteiger partial charge in [-0.15, -0.1) is 0 Å². The minimum atomic E-state index is -0.539. The molecule has 0 fully saturated rings. The van der Waals surface area contributed by atoms with Gasteiger partial charge in [-0.25, -0.2) is 0 Å². The molecule has 2 aromatic carbocycles. The highest BCUT2D eigenvalue weighted by Gasteiger charge is 2.08. The number of hydrogen-bond acceptors (Lipinski definition) is 4. The van der Waals surface area contributed by atoms with Gasteiger partial charge in [-0.05, 0) is 55.0 Å². The van der Waals surface area contributed by atoms with Gasteiger partial charge in [0.05, 0.1) is 0 Å². The molecule has 2 rings (SSSR count). The number of benzene rings is 2. The maximum atomic E-state index is 11.9. The molecule has 0 saturated carbocycles. The Morgan fingerprint density at radius 1 is 0.630 bits per heavy atom. The van der Waals surface area contributed by atoms with E-state index in [2.05, 4.69) is 10.6 Å². The fourth-order valence-electron chi connectivity index (χ4n) is 2.29. The Bertz CT molecular complexity index is 774. The van der Waals surface area contributed by atoms with Gasteiger partial charge in [-0.2, -0.15) is 0 Å². The largest absolute Gasteiger partial charge is 0.366 e. The van der Waals surface area contributed by atoms with Crippen molar-refractivity contribution in [2.45, 2.75) is 19.3 Å². The number of anilines is 2. The molecule has 8 heteroatoms. The molecule has 0 radical (unpaired) electrons. The second kappa shape index (κ2) is 9.14. The SMILES string of the molecule is NC(=O)c1ccc(NC(=O)CCCC(=O)Nc2ccc(C(N)=O)cc2)cc1. The zero-order valence-electron chi connectivity index (χ0n) is 14.5. The summed E-state index contributed by atoms with van der Waals surface area (Å²) >= 11 is 0. The lowest BCUT2D eigenvalue weighted by atomic mass is 10.1. The van der Waals surface area contributed by atoms with Crippen molar-refractivity contribution in [3.63, 3.8) is 0 Å². The van der Waals surface area contributed by atoms with Crippen molar-refractivity contribution in [1.82, 2.24) is 0 Å². The van der Waals surface area contributed by atoms with E-state index in [0.29, 0.717) is 28.9 Å². The van der Waals surface area contributed by atoms with Gasteiger partial charge < -0.3 is 22.1 Å². The Morgan fingerprint density at radius 2 is 0.963 bits per heavy atom. The van der Waals surface area contributed by atoms with Gasteiger partial charge in [0, 0.05) is 35.3 Å². The van der Waals surface area contributed by atoms with Crippen LogP contribution in [-0.2, 0) is 9.59 Å². The molecule has 140 valence electrons. The second-order valence-electron chi connectivity index (χ2n) is 5.83. The summed E-state index contributed by atoms with van der Waals surface area (Å²) in [5, 5.41) is 5.36. The average Bonchev–Trinajstić information content (AvgIpc) is 2.62. The van der Waals surface area contributed by atoms with Gasteiger partial charge >= 0.3 is 0 Å². The van der Waals surface area contributed by atoms with Crippen molar-refractivity contribution in [3.05, 3.63) is 59.7 Å². The van der Waals surface area contributed by atoms with Crippen molar-refractivity contribution < 1.29 is 19.2 Å². The van der Waals surface area contributed by atoms with E-state index in [-0.39, 0.29) is 24.7 Å². The molecule has 0 bridgehead atoms. The van der Waals surface area contributed by atoms with E-state index in [9.17, 15) is 19.2 Å².